The summed E-state index contributed by atoms with van der Waals surface area (Å²) in [5.41, 5.74) is 3.61. The van der Waals surface area contributed by atoms with E-state index in [1.165, 1.54) is 12.1 Å². The molecule has 0 radical (unpaired) electrons. The minimum Gasteiger partial charge on any atom is -0.338 e. The minimum atomic E-state index is -0.261. The van der Waals surface area contributed by atoms with E-state index in [-0.39, 0.29) is 5.82 Å². The first-order valence-corrected chi connectivity index (χ1v) is 6.34. The Bertz CT molecular complexity index is 713. The van der Waals surface area contributed by atoms with Crippen LogP contribution >= 0.6 is 15.9 Å². The van der Waals surface area contributed by atoms with Crippen molar-refractivity contribution in [1.29, 1.82) is 0 Å². The molecule has 0 spiro atoms. The van der Waals surface area contributed by atoms with Gasteiger partial charge in [-0.1, -0.05) is 15.9 Å². The van der Waals surface area contributed by atoms with E-state index in [1.807, 2.05) is 25.1 Å². The fourth-order valence-electron chi connectivity index (χ4n) is 1.99. The lowest BCUT2D eigenvalue weighted by Crippen LogP contribution is -1.82. The molecule has 0 aliphatic rings. The Balaban J connectivity index is 2.19. The van der Waals surface area contributed by atoms with Crippen molar-refractivity contribution >= 4 is 27.0 Å². The lowest BCUT2D eigenvalue weighted by Gasteiger charge is -2.00. The number of nitrogens with zero attached hydrogens (tertiary/aromatic N) is 1. The summed E-state index contributed by atoms with van der Waals surface area (Å²) in [7, 11) is 0. The van der Waals surface area contributed by atoms with E-state index < -0.39 is 0 Å². The van der Waals surface area contributed by atoms with Crippen LogP contribution in [0.5, 0.6) is 0 Å². The third-order valence-corrected chi connectivity index (χ3v) is 3.22. The molecule has 90 valence electrons. The Morgan fingerprint density at radius 1 is 1.17 bits per heavy atom. The van der Waals surface area contributed by atoms with Crippen LogP contribution in [0.2, 0.25) is 0 Å². The molecule has 2 nitrogen and oxygen atoms in total. The number of fused-ring (bicyclic) bond motifs is 1. The lowest BCUT2D eigenvalue weighted by atomic mass is 10.1. The van der Waals surface area contributed by atoms with Crippen LogP contribution in [0.15, 0.2) is 40.9 Å². The van der Waals surface area contributed by atoms with E-state index >= 15 is 0 Å². The number of hydrogen-bond acceptors (Lipinski definition) is 1. The van der Waals surface area contributed by atoms with Gasteiger partial charge in [-0.2, -0.15) is 0 Å². The molecule has 4 heteroatoms. The van der Waals surface area contributed by atoms with E-state index in [0.29, 0.717) is 5.52 Å². The van der Waals surface area contributed by atoms with Gasteiger partial charge in [0.2, 0.25) is 0 Å². The number of imidazole rings is 1. The summed E-state index contributed by atoms with van der Waals surface area (Å²) < 4.78 is 14.1. The molecule has 0 fully saturated rings. The van der Waals surface area contributed by atoms with Gasteiger partial charge in [-0.15, -0.1) is 0 Å². The zero-order valence-electron chi connectivity index (χ0n) is 9.67. The molecular weight excluding hydrogens is 295 g/mol. The molecule has 0 amide bonds. The van der Waals surface area contributed by atoms with Gasteiger partial charge in [0.1, 0.15) is 11.6 Å². The molecular formula is C14H10BrFN2. The fourth-order valence-corrected chi connectivity index (χ4v) is 2.60. The van der Waals surface area contributed by atoms with Crippen LogP contribution in [0, 0.1) is 12.7 Å². The number of halogens is 2. The second-order valence-electron chi connectivity index (χ2n) is 4.26. The Labute approximate surface area is 112 Å². The van der Waals surface area contributed by atoms with Crippen molar-refractivity contribution in [2.75, 3.05) is 0 Å². The summed E-state index contributed by atoms with van der Waals surface area (Å²) in [6.07, 6.45) is 0. The quantitative estimate of drug-likeness (QED) is 0.707. The Hall–Kier alpha value is -1.68. The topological polar surface area (TPSA) is 28.7 Å². The van der Waals surface area contributed by atoms with Crippen molar-refractivity contribution in [3.63, 3.8) is 0 Å². The summed E-state index contributed by atoms with van der Waals surface area (Å²) >= 11 is 3.46. The van der Waals surface area contributed by atoms with Gasteiger partial charge in [0.25, 0.3) is 0 Å². The minimum absolute atomic E-state index is 0.261. The van der Waals surface area contributed by atoms with Gasteiger partial charge < -0.3 is 4.98 Å². The van der Waals surface area contributed by atoms with Crippen LogP contribution in [0.3, 0.4) is 0 Å². The normalized spacial score (nSPS) is 11.1. The number of aromatic nitrogens is 2. The lowest BCUT2D eigenvalue weighted by molar-refractivity contribution is 0.629. The van der Waals surface area contributed by atoms with Crippen LogP contribution in [0.25, 0.3) is 22.4 Å². The number of aryl methyl sites for hydroxylation is 1. The highest BCUT2D eigenvalue weighted by molar-refractivity contribution is 9.10. The molecule has 2 aromatic carbocycles. The highest BCUT2D eigenvalue weighted by atomic mass is 79.9. The molecule has 0 unspecified atom stereocenters. The second-order valence-corrected chi connectivity index (χ2v) is 5.18. The van der Waals surface area contributed by atoms with Gasteiger partial charge in [-0.05, 0) is 48.9 Å². The van der Waals surface area contributed by atoms with Crippen LogP contribution in [-0.2, 0) is 0 Å². The van der Waals surface area contributed by atoms with Crippen LogP contribution in [-0.4, -0.2) is 9.97 Å². The van der Waals surface area contributed by atoms with Crippen LogP contribution in [0.1, 0.15) is 5.56 Å². The highest BCUT2D eigenvalue weighted by Crippen LogP contribution is 2.25. The SMILES string of the molecule is Cc1cc(Br)cc(-c2nc3ccc(F)cc3[nH]2)c1. The van der Waals surface area contributed by atoms with Crippen molar-refractivity contribution in [3.8, 4) is 11.4 Å². The maximum atomic E-state index is 13.1. The standard InChI is InChI=1S/C14H10BrFN2/c1-8-4-9(6-10(15)5-8)14-17-12-3-2-11(16)7-13(12)18-14/h2-7H,1H3,(H,17,18). The first kappa shape index (κ1) is 11.4. The van der Waals surface area contributed by atoms with Crippen molar-refractivity contribution in [3.05, 3.63) is 52.3 Å². The number of H-pyrrole nitrogens is 1. The number of aromatic amines is 1. The zero-order valence-corrected chi connectivity index (χ0v) is 11.3. The summed E-state index contributed by atoms with van der Waals surface area (Å²) in [6, 6.07) is 10.6. The van der Waals surface area contributed by atoms with E-state index in [1.54, 1.807) is 6.07 Å². The number of benzene rings is 2. The molecule has 1 N–H and O–H groups in total. The molecule has 3 rings (SSSR count). The summed E-state index contributed by atoms with van der Waals surface area (Å²) in [5, 5.41) is 0. The average Bonchev–Trinajstić information content (AvgIpc) is 2.70. The van der Waals surface area contributed by atoms with Gasteiger partial charge >= 0.3 is 0 Å². The maximum absolute atomic E-state index is 13.1. The first-order chi connectivity index (χ1) is 8.61. The van der Waals surface area contributed by atoms with Gasteiger partial charge in [0, 0.05) is 10.0 Å². The van der Waals surface area contributed by atoms with Gasteiger partial charge in [0.05, 0.1) is 11.0 Å². The van der Waals surface area contributed by atoms with Crippen molar-refractivity contribution in [2.45, 2.75) is 6.92 Å². The van der Waals surface area contributed by atoms with E-state index in [9.17, 15) is 4.39 Å². The van der Waals surface area contributed by atoms with E-state index in [4.69, 9.17) is 0 Å². The molecule has 3 aromatic rings. The van der Waals surface area contributed by atoms with Crippen molar-refractivity contribution in [1.82, 2.24) is 9.97 Å². The number of hydrogen-bond donors (Lipinski definition) is 1. The third kappa shape index (κ3) is 2.04. The molecule has 0 bridgehead atoms. The number of nitrogens with one attached hydrogen (secondary N) is 1. The predicted octanol–water partition coefficient (Wildman–Crippen LogP) is 4.44. The molecule has 0 saturated heterocycles. The monoisotopic (exact) mass is 304 g/mol. The van der Waals surface area contributed by atoms with Gasteiger partial charge in [-0.25, -0.2) is 9.37 Å². The summed E-state index contributed by atoms with van der Waals surface area (Å²) in [4.78, 5) is 7.60. The Morgan fingerprint density at radius 3 is 2.78 bits per heavy atom. The highest BCUT2D eigenvalue weighted by Gasteiger charge is 2.07. The number of rotatable bonds is 1. The van der Waals surface area contributed by atoms with Gasteiger partial charge in [-0.3, -0.25) is 0 Å². The zero-order chi connectivity index (χ0) is 12.7. The predicted molar refractivity (Wildman–Crippen MR) is 73.9 cm³/mol. The first-order valence-electron chi connectivity index (χ1n) is 5.55. The largest absolute Gasteiger partial charge is 0.338 e. The summed E-state index contributed by atoms with van der Waals surface area (Å²) in [5.74, 6) is 0.489. The third-order valence-electron chi connectivity index (χ3n) is 2.76. The van der Waals surface area contributed by atoms with Gasteiger partial charge in [0.15, 0.2) is 0 Å². The van der Waals surface area contributed by atoms with Crippen molar-refractivity contribution in [2.24, 2.45) is 0 Å². The molecule has 18 heavy (non-hydrogen) atoms. The Kier molecular flexibility index (Phi) is 2.67. The smallest absolute Gasteiger partial charge is 0.138 e. The molecule has 1 heterocycles. The average molecular weight is 305 g/mol. The Morgan fingerprint density at radius 2 is 2.00 bits per heavy atom. The van der Waals surface area contributed by atoms with E-state index in [2.05, 4.69) is 25.9 Å². The second kappa shape index (κ2) is 4.21. The molecule has 0 atom stereocenters. The van der Waals surface area contributed by atoms with E-state index in [0.717, 1.165) is 26.9 Å². The molecule has 0 saturated carbocycles. The molecule has 0 aliphatic carbocycles. The summed E-state index contributed by atoms with van der Waals surface area (Å²) in [6.45, 7) is 2.02. The molecule has 0 aliphatic heterocycles. The molecule has 1 aromatic heterocycles. The van der Waals surface area contributed by atoms with Crippen LogP contribution < -0.4 is 0 Å². The van der Waals surface area contributed by atoms with Crippen LogP contribution in [0.4, 0.5) is 4.39 Å². The maximum Gasteiger partial charge on any atom is 0.138 e. The van der Waals surface area contributed by atoms with Crippen molar-refractivity contribution < 1.29 is 4.39 Å². The fraction of sp³-hybridized carbons (Fsp3) is 0.0714.